The van der Waals surface area contributed by atoms with E-state index in [2.05, 4.69) is 4.98 Å². The fourth-order valence-corrected chi connectivity index (χ4v) is 4.89. The fraction of sp³-hybridized carbons (Fsp3) is 0.217. The van der Waals surface area contributed by atoms with Crippen LogP contribution in [-0.2, 0) is 6.54 Å². The van der Waals surface area contributed by atoms with Crippen LogP contribution in [0, 0.1) is 22.6 Å². The first kappa shape index (κ1) is 22.3. The molecule has 34 heavy (non-hydrogen) atoms. The maximum absolute atomic E-state index is 13.9. The molecule has 0 N–H and O–H groups in total. The van der Waals surface area contributed by atoms with E-state index in [9.17, 15) is 23.6 Å². The molecule has 11 heteroatoms. The number of hydrogen-bond acceptors (Lipinski definition) is 5. The van der Waals surface area contributed by atoms with E-state index in [1.807, 2.05) is 6.07 Å². The maximum atomic E-state index is 13.9. The van der Waals surface area contributed by atoms with Crippen LogP contribution in [0.2, 0.25) is 10.0 Å². The van der Waals surface area contributed by atoms with E-state index < -0.39 is 17.1 Å². The molecule has 0 radical (unpaired) electrons. The van der Waals surface area contributed by atoms with Gasteiger partial charge in [-0.1, -0.05) is 29.3 Å². The van der Waals surface area contributed by atoms with Gasteiger partial charge in [-0.15, -0.1) is 0 Å². The van der Waals surface area contributed by atoms with Crippen LogP contribution in [0.4, 0.5) is 14.6 Å². The minimum Gasteiger partial charge on any atom is -0.355 e. The summed E-state index contributed by atoms with van der Waals surface area (Å²) < 4.78 is 29.4. The zero-order valence-corrected chi connectivity index (χ0v) is 18.9. The zero-order chi connectivity index (χ0) is 24.2. The van der Waals surface area contributed by atoms with Crippen LogP contribution in [0.3, 0.4) is 0 Å². The number of aromatic nitrogens is 3. The van der Waals surface area contributed by atoms with Crippen molar-refractivity contribution >= 4 is 29.0 Å². The van der Waals surface area contributed by atoms with Gasteiger partial charge in [0.15, 0.2) is 0 Å². The average molecular weight is 502 g/mol. The summed E-state index contributed by atoms with van der Waals surface area (Å²) in [7, 11) is 0. The minimum atomic E-state index is -0.765. The lowest BCUT2D eigenvalue weighted by Crippen LogP contribution is -2.60. The van der Waals surface area contributed by atoms with E-state index in [0.29, 0.717) is 13.1 Å². The Balaban J connectivity index is 1.81. The second-order valence-corrected chi connectivity index (χ2v) is 9.19. The summed E-state index contributed by atoms with van der Waals surface area (Å²) in [6.45, 7) is 0.350. The molecule has 2 aliphatic rings. The van der Waals surface area contributed by atoms with Crippen LogP contribution in [-0.4, -0.2) is 27.2 Å². The first-order valence-corrected chi connectivity index (χ1v) is 10.9. The molecular formula is C23H15Cl2F2N5O2. The summed E-state index contributed by atoms with van der Waals surface area (Å²) in [6, 6.07) is 7.14. The number of rotatable bonds is 4. The van der Waals surface area contributed by atoms with Crippen molar-refractivity contribution in [3.63, 3.8) is 0 Å². The summed E-state index contributed by atoms with van der Waals surface area (Å²) in [5.41, 5.74) is -1.43. The Morgan fingerprint density at radius 1 is 1.15 bits per heavy atom. The van der Waals surface area contributed by atoms with Crippen molar-refractivity contribution in [2.45, 2.75) is 13.0 Å². The third-order valence-corrected chi connectivity index (χ3v) is 6.50. The van der Waals surface area contributed by atoms with Gasteiger partial charge in [-0.05, 0) is 29.8 Å². The molecule has 1 saturated heterocycles. The van der Waals surface area contributed by atoms with E-state index in [4.69, 9.17) is 23.2 Å². The molecule has 1 aliphatic heterocycles. The van der Waals surface area contributed by atoms with Gasteiger partial charge in [-0.25, -0.2) is 18.1 Å². The number of benzene rings is 1. The Hall–Kier alpha value is -3.48. The van der Waals surface area contributed by atoms with Crippen LogP contribution >= 0.6 is 23.2 Å². The Bertz CT molecular complexity index is 1530. The predicted molar refractivity (Wildman–Crippen MR) is 124 cm³/mol. The van der Waals surface area contributed by atoms with Gasteiger partial charge in [0.2, 0.25) is 0 Å². The van der Waals surface area contributed by atoms with E-state index in [-0.39, 0.29) is 56.9 Å². The number of nitrogens with zero attached hydrogens (tertiary/aromatic N) is 5. The van der Waals surface area contributed by atoms with Crippen molar-refractivity contribution in [2.24, 2.45) is 5.41 Å². The van der Waals surface area contributed by atoms with Gasteiger partial charge in [0, 0.05) is 31.1 Å². The summed E-state index contributed by atoms with van der Waals surface area (Å²) in [5.74, 6) is -0.685. The number of nitriles is 1. The molecule has 0 saturated carbocycles. The number of allylic oxidation sites excluding steroid dienone is 1. The topological polar surface area (TPSA) is 83.9 Å². The number of halogens is 4. The molecule has 0 atom stereocenters. The van der Waals surface area contributed by atoms with Gasteiger partial charge in [0.1, 0.15) is 18.2 Å². The highest BCUT2D eigenvalue weighted by molar-refractivity contribution is 6.31. The van der Waals surface area contributed by atoms with Crippen LogP contribution in [0.1, 0.15) is 6.42 Å². The highest BCUT2D eigenvalue weighted by atomic mass is 35.5. The zero-order valence-electron chi connectivity index (χ0n) is 17.4. The molecule has 7 nitrogen and oxygen atoms in total. The second-order valence-electron chi connectivity index (χ2n) is 8.34. The number of anilines is 1. The first-order chi connectivity index (χ1) is 16.2. The quantitative estimate of drug-likeness (QED) is 0.537. The third-order valence-electron chi connectivity index (χ3n) is 6.00. The smallest absolute Gasteiger partial charge is 0.338 e. The monoisotopic (exact) mass is 501 g/mol. The second kappa shape index (κ2) is 8.08. The van der Waals surface area contributed by atoms with Crippen molar-refractivity contribution in [3.8, 4) is 22.9 Å². The molecule has 172 valence electrons. The van der Waals surface area contributed by atoms with Crippen molar-refractivity contribution < 1.29 is 8.78 Å². The molecule has 1 aromatic carbocycles. The highest BCUT2D eigenvalue weighted by Gasteiger charge is 2.49. The Labute approximate surface area is 201 Å². The Morgan fingerprint density at radius 3 is 2.50 bits per heavy atom. The lowest BCUT2D eigenvalue weighted by molar-refractivity contribution is 0.219. The molecular weight excluding hydrogens is 487 g/mol. The van der Waals surface area contributed by atoms with Gasteiger partial charge in [0.25, 0.3) is 5.56 Å². The fourth-order valence-electron chi connectivity index (χ4n) is 4.54. The van der Waals surface area contributed by atoms with Crippen molar-refractivity contribution in [2.75, 3.05) is 18.0 Å². The van der Waals surface area contributed by atoms with Gasteiger partial charge >= 0.3 is 5.69 Å². The van der Waals surface area contributed by atoms with E-state index in [0.717, 1.165) is 10.6 Å². The molecule has 3 heterocycles. The minimum absolute atomic E-state index is 0.0513. The van der Waals surface area contributed by atoms with Crippen LogP contribution in [0.5, 0.6) is 0 Å². The van der Waals surface area contributed by atoms with Gasteiger partial charge < -0.3 is 4.90 Å². The van der Waals surface area contributed by atoms with Gasteiger partial charge in [-0.2, -0.15) is 5.26 Å². The standard InChI is InChI=1S/C23H15Cl2F2N5O2/c24-14-6-16(10-29-9-14)32-21(33)19(13-1-2-18(27)17(25)5-13)20(31(4-3-28)22(32)34)30-11-23(12-30)7-15(26)8-23/h1-2,5-7,9-10H,4,8,11-12H2. The summed E-state index contributed by atoms with van der Waals surface area (Å²) in [6.07, 6.45) is 4.45. The Kier molecular flexibility index (Phi) is 5.30. The molecule has 0 bridgehead atoms. The molecule has 1 fully saturated rings. The van der Waals surface area contributed by atoms with E-state index >= 15 is 0 Å². The van der Waals surface area contributed by atoms with Gasteiger partial charge in [0.05, 0.1) is 39.4 Å². The van der Waals surface area contributed by atoms with Crippen LogP contribution < -0.4 is 16.1 Å². The average Bonchev–Trinajstić information content (AvgIpc) is 2.74. The predicted octanol–water partition coefficient (Wildman–Crippen LogP) is 4.09. The van der Waals surface area contributed by atoms with Crippen molar-refractivity contribution in [1.29, 1.82) is 5.26 Å². The first-order valence-electron chi connectivity index (χ1n) is 10.2. The molecule has 1 spiro atoms. The number of pyridine rings is 1. The van der Waals surface area contributed by atoms with Crippen molar-refractivity contribution in [1.82, 2.24) is 14.1 Å². The maximum Gasteiger partial charge on any atom is 0.338 e. The molecule has 1 aliphatic carbocycles. The number of hydrogen-bond donors (Lipinski definition) is 0. The SMILES string of the molecule is N#CCn1c(N2CC3(C=C(F)C3)C2)c(-c2ccc(F)c(Cl)c2)c(=O)n(-c2cncc(Cl)c2)c1=O. The van der Waals surface area contributed by atoms with E-state index in [1.54, 1.807) is 4.90 Å². The van der Waals surface area contributed by atoms with Crippen molar-refractivity contribution in [3.05, 3.63) is 85.3 Å². The summed E-state index contributed by atoms with van der Waals surface area (Å²) in [5, 5.41) is 9.47. The van der Waals surface area contributed by atoms with Gasteiger partial charge in [-0.3, -0.25) is 14.3 Å². The largest absolute Gasteiger partial charge is 0.355 e. The highest BCUT2D eigenvalue weighted by Crippen LogP contribution is 2.49. The van der Waals surface area contributed by atoms with Crippen LogP contribution in [0.15, 0.2) is 58.2 Å². The lowest BCUT2D eigenvalue weighted by Gasteiger charge is -2.53. The normalized spacial score (nSPS) is 16.0. The van der Waals surface area contributed by atoms with Crippen LogP contribution in [0.25, 0.3) is 16.8 Å². The summed E-state index contributed by atoms with van der Waals surface area (Å²) in [4.78, 5) is 32.9. The molecule has 2 aromatic heterocycles. The third kappa shape index (κ3) is 3.50. The lowest BCUT2D eigenvalue weighted by atomic mass is 9.69. The van der Waals surface area contributed by atoms with E-state index in [1.165, 1.54) is 41.2 Å². The molecule has 3 aromatic rings. The summed E-state index contributed by atoms with van der Waals surface area (Å²) >= 11 is 12.0. The molecule has 0 amide bonds. The Morgan fingerprint density at radius 2 is 1.88 bits per heavy atom. The molecule has 5 rings (SSSR count). The molecule has 0 unspecified atom stereocenters.